The molecule has 2 rings (SSSR count). The molecule has 0 unspecified atom stereocenters. The van der Waals surface area contributed by atoms with Crippen LogP contribution in [0.15, 0.2) is 16.7 Å². The minimum Gasteiger partial charge on any atom is -0.373 e. The Hall–Kier alpha value is -2.44. The number of nitrogens with one attached hydrogen (secondary N) is 2. The Labute approximate surface area is 123 Å². The minimum absolute atomic E-state index is 0.202. The monoisotopic (exact) mass is 289 g/mol. The number of aryl methyl sites for hydroxylation is 1. The van der Waals surface area contributed by atoms with E-state index in [4.69, 9.17) is 4.52 Å². The van der Waals surface area contributed by atoms with E-state index in [1.54, 1.807) is 26.1 Å². The van der Waals surface area contributed by atoms with Crippen molar-refractivity contribution < 1.29 is 9.32 Å². The number of aromatic nitrogens is 3. The van der Waals surface area contributed by atoms with E-state index in [9.17, 15) is 4.79 Å². The van der Waals surface area contributed by atoms with Gasteiger partial charge >= 0.3 is 0 Å². The molecule has 0 aliphatic rings. The fraction of sp³-hybridized carbons (Fsp3) is 0.429. The number of carbonyl (C=O) groups excluding carboxylic acids is 1. The van der Waals surface area contributed by atoms with Crippen molar-refractivity contribution in [2.45, 2.75) is 33.2 Å². The zero-order chi connectivity index (χ0) is 15.4. The fourth-order valence-corrected chi connectivity index (χ4v) is 1.78. The highest BCUT2D eigenvalue weighted by Crippen LogP contribution is 2.17. The second kappa shape index (κ2) is 6.34. The number of hydrogen-bond donors (Lipinski definition) is 2. The molecule has 1 amide bonds. The molecule has 0 bridgehead atoms. The third kappa shape index (κ3) is 3.77. The molecule has 0 aliphatic heterocycles. The summed E-state index contributed by atoms with van der Waals surface area (Å²) in [6.07, 6.45) is 0. The van der Waals surface area contributed by atoms with E-state index in [1.165, 1.54) is 0 Å². The number of amides is 1. The maximum Gasteiger partial charge on any atom is 0.251 e. The van der Waals surface area contributed by atoms with Crippen molar-refractivity contribution in [2.24, 2.45) is 0 Å². The van der Waals surface area contributed by atoms with Crippen LogP contribution in [-0.2, 0) is 6.54 Å². The van der Waals surface area contributed by atoms with Crippen LogP contribution < -0.4 is 10.6 Å². The van der Waals surface area contributed by atoms with E-state index < -0.39 is 0 Å². The molecule has 7 nitrogen and oxygen atoms in total. The zero-order valence-electron chi connectivity index (χ0n) is 12.6. The van der Waals surface area contributed by atoms with Crippen LogP contribution in [0.25, 0.3) is 0 Å². The molecule has 0 aromatic carbocycles. The smallest absolute Gasteiger partial charge is 0.251 e. The highest BCUT2D eigenvalue weighted by atomic mass is 16.5. The lowest BCUT2D eigenvalue weighted by atomic mass is 10.1. The molecule has 2 aromatic rings. The van der Waals surface area contributed by atoms with E-state index in [0.717, 1.165) is 5.69 Å². The van der Waals surface area contributed by atoms with Crippen LogP contribution in [0.3, 0.4) is 0 Å². The van der Waals surface area contributed by atoms with Gasteiger partial charge in [0.25, 0.3) is 5.91 Å². The largest absolute Gasteiger partial charge is 0.373 e. The summed E-state index contributed by atoms with van der Waals surface area (Å²) in [5.41, 5.74) is 1.41. The average Bonchev–Trinajstić information content (AvgIpc) is 2.89. The summed E-state index contributed by atoms with van der Waals surface area (Å²) in [4.78, 5) is 20.7. The molecule has 2 N–H and O–H groups in total. The number of hydrogen-bond acceptors (Lipinski definition) is 6. The first-order valence-corrected chi connectivity index (χ1v) is 6.76. The lowest BCUT2D eigenvalue weighted by Crippen LogP contribution is -2.23. The Morgan fingerprint density at radius 3 is 2.67 bits per heavy atom. The molecular formula is C14H19N5O2. The number of nitrogens with zero attached hydrogens (tertiary/aromatic N) is 3. The van der Waals surface area contributed by atoms with Crippen LogP contribution in [-0.4, -0.2) is 28.1 Å². The summed E-state index contributed by atoms with van der Waals surface area (Å²) in [5, 5.41) is 9.39. The average molecular weight is 289 g/mol. The standard InChI is InChI=1S/C14H19N5O2/c1-8(2)11-5-10(6-12(15-4)18-11)14(20)16-7-13-17-9(3)19-21-13/h5-6,8H,7H2,1-4H3,(H,15,18)(H,16,20). The van der Waals surface area contributed by atoms with Crippen LogP contribution in [0.2, 0.25) is 0 Å². The van der Waals surface area contributed by atoms with E-state index in [2.05, 4.69) is 25.8 Å². The molecule has 2 aromatic heterocycles. The third-order valence-electron chi connectivity index (χ3n) is 2.92. The Bertz CT molecular complexity index is 636. The van der Waals surface area contributed by atoms with Crippen LogP contribution in [0.5, 0.6) is 0 Å². The molecule has 2 heterocycles. The Morgan fingerprint density at radius 1 is 1.33 bits per heavy atom. The Morgan fingerprint density at radius 2 is 2.10 bits per heavy atom. The van der Waals surface area contributed by atoms with Gasteiger partial charge in [-0.15, -0.1) is 0 Å². The first-order valence-electron chi connectivity index (χ1n) is 6.76. The van der Waals surface area contributed by atoms with Gasteiger partial charge in [0, 0.05) is 18.3 Å². The Kier molecular flexibility index (Phi) is 4.52. The third-order valence-corrected chi connectivity index (χ3v) is 2.92. The normalized spacial score (nSPS) is 10.7. The predicted octanol–water partition coefficient (Wildman–Crippen LogP) is 1.87. The molecule has 0 saturated heterocycles. The van der Waals surface area contributed by atoms with Gasteiger partial charge in [-0.3, -0.25) is 4.79 Å². The van der Waals surface area contributed by atoms with E-state index in [1.807, 2.05) is 13.8 Å². The molecular weight excluding hydrogens is 270 g/mol. The number of pyridine rings is 1. The quantitative estimate of drug-likeness (QED) is 0.872. The molecule has 0 radical (unpaired) electrons. The lowest BCUT2D eigenvalue weighted by Gasteiger charge is -2.10. The number of rotatable bonds is 5. The van der Waals surface area contributed by atoms with Crippen LogP contribution in [0.1, 0.15) is 47.5 Å². The summed E-state index contributed by atoms with van der Waals surface area (Å²) in [5.74, 6) is 1.63. The molecule has 0 spiro atoms. The predicted molar refractivity (Wildman–Crippen MR) is 78.1 cm³/mol. The first-order chi connectivity index (χ1) is 9.99. The van der Waals surface area contributed by atoms with E-state index in [0.29, 0.717) is 23.1 Å². The van der Waals surface area contributed by atoms with E-state index in [-0.39, 0.29) is 18.4 Å². The van der Waals surface area contributed by atoms with Crippen molar-refractivity contribution >= 4 is 11.7 Å². The molecule has 0 fully saturated rings. The summed E-state index contributed by atoms with van der Waals surface area (Å²) in [7, 11) is 1.77. The summed E-state index contributed by atoms with van der Waals surface area (Å²) in [6, 6.07) is 3.50. The van der Waals surface area contributed by atoms with Crippen molar-refractivity contribution in [3.63, 3.8) is 0 Å². The van der Waals surface area contributed by atoms with Gasteiger partial charge in [-0.05, 0) is 25.0 Å². The van der Waals surface area contributed by atoms with Gasteiger partial charge in [0.15, 0.2) is 5.82 Å². The van der Waals surface area contributed by atoms with Gasteiger partial charge in [0.2, 0.25) is 5.89 Å². The minimum atomic E-state index is -0.202. The molecule has 21 heavy (non-hydrogen) atoms. The van der Waals surface area contributed by atoms with Crippen LogP contribution in [0.4, 0.5) is 5.82 Å². The number of anilines is 1. The highest BCUT2D eigenvalue weighted by Gasteiger charge is 2.12. The number of carbonyl (C=O) groups is 1. The molecule has 7 heteroatoms. The van der Waals surface area contributed by atoms with Gasteiger partial charge in [-0.2, -0.15) is 4.98 Å². The fourth-order valence-electron chi connectivity index (χ4n) is 1.78. The topological polar surface area (TPSA) is 92.9 Å². The summed E-state index contributed by atoms with van der Waals surface area (Å²) >= 11 is 0. The van der Waals surface area contributed by atoms with Gasteiger partial charge < -0.3 is 15.2 Å². The van der Waals surface area contributed by atoms with Crippen molar-refractivity contribution in [3.8, 4) is 0 Å². The molecule has 0 atom stereocenters. The van der Waals surface area contributed by atoms with Crippen molar-refractivity contribution in [1.82, 2.24) is 20.4 Å². The SMILES string of the molecule is CNc1cc(C(=O)NCc2nc(C)no2)cc(C(C)C)n1. The van der Waals surface area contributed by atoms with Crippen LogP contribution >= 0.6 is 0 Å². The highest BCUT2D eigenvalue weighted by molar-refractivity contribution is 5.94. The second-order valence-corrected chi connectivity index (χ2v) is 4.99. The molecule has 0 saturated carbocycles. The molecule has 112 valence electrons. The van der Waals surface area contributed by atoms with Gasteiger partial charge in [-0.25, -0.2) is 4.98 Å². The maximum absolute atomic E-state index is 12.2. The van der Waals surface area contributed by atoms with Gasteiger partial charge in [0.05, 0.1) is 6.54 Å². The van der Waals surface area contributed by atoms with Crippen molar-refractivity contribution in [1.29, 1.82) is 0 Å². The Balaban J connectivity index is 2.12. The molecule has 0 aliphatic carbocycles. The maximum atomic E-state index is 12.2. The van der Waals surface area contributed by atoms with Crippen molar-refractivity contribution in [2.75, 3.05) is 12.4 Å². The lowest BCUT2D eigenvalue weighted by molar-refractivity contribution is 0.0946. The summed E-state index contributed by atoms with van der Waals surface area (Å²) < 4.78 is 4.96. The summed E-state index contributed by atoms with van der Waals surface area (Å²) in [6.45, 7) is 6.00. The first kappa shape index (κ1) is 15.0. The van der Waals surface area contributed by atoms with Gasteiger partial charge in [-0.1, -0.05) is 19.0 Å². The zero-order valence-corrected chi connectivity index (χ0v) is 12.6. The van der Waals surface area contributed by atoms with E-state index >= 15 is 0 Å². The second-order valence-electron chi connectivity index (χ2n) is 4.99. The van der Waals surface area contributed by atoms with Gasteiger partial charge in [0.1, 0.15) is 5.82 Å². The van der Waals surface area contributed by atoms with Crippen LogP contribution in [0, 0.1) is 6.92 Å². The van der Waals surface area contributed by atoms with Crippen molar-refractivity contribution in [3.05, 3.63) is 35.1 Å².